The molecule has 0 saturated carbocycles. The van der Waals surface area contributed by atoms with Gasteiger partial charge in [0.25, 0.3) is 11.5 Å². The van der Waals surface area contributed by atoms with Gasteiger partial charge in [0, 0.05) is 6.07 Å². The Labute approximate surface area is 132 Å². The number of rotatable bonds is 1. The molecule has 108 valence electrons. The molecule has 0 bridgehead atoms. The lowest BCUT2D eigenvalue weighted by Crippen LogP contribution is -2.16. The molecule has 0 unspecified atom stereocenters. The first-order chi connectivity index (χ1) is 11.2. The molecule has 3 aromatic carbocycles. The Hall–Kier alpha value is -3.45. The first-order valence-electron chi connectivity index (χ1n) is 7.11. The monoisotopic (exact) mass is 298 g/mol. The summed E-state index contributed by atoms with van der Waals surface area (Å²) in [7, 11) is 0. The molecule has 0 atom stereocenters. The summed E-state index contributed by atoms with van der Waals surface area (Å²) in [6.45, 7) is 0. The number of nitrogens with zero attached hydrogens (tertiary/aromatic N) is 2. The molecular weight excluding hydrogens is 288 g/mol. The van der Waals surface area contributed by atoms with Crippen LogP contribution in [-0.2, 0) is 0 Å². The second-order valence-electron chi connectivity index (χ2n) is 5.38. The lowest BCUT2D eigenvalue weighted by Gasteiger charge is -2.03. The highest BCUT2D eigenvalue weighted by molar-refractivity contribution is 6.52. The first-order valence-corrected chi connectivity index (χ1v) is 7.11. The summed E-state index contributed by atoms with van der Waals surface area (Å²) in [5, 5.41) is 23.5. The van der Waals surface area contributed by atoms with Gasteiger partial charge in [-0.3, -0.25) is 4.79 Å². The molecule has 0 N–H and O–H groups in total. The van der Waals surface area contributed by atoms with Gasteiger partial charge in [-0.2, -0.15) is 10.0 Å². The number of hydrogen-bond donors (Lipinski definition) is 0. The highest BCUT2D eigenvalue weighted by Gasteiger charge is 2.36. The van der Waals surface area contributed by atoms with Crippen LogP contribution in [0.3, 0.4) is 0 Å². The summed E-state index contributed by atoms with van der Waals surface area (Å²) in [6.07, 6.45) is 0. The van der Waals surface area contributed by atoms with Gasteiger partial charge in [-0.05, 0) is 35.0 Å². The average molecular weight is 298 g/mol. The van der Waals surface area contributed by atoms with Gasteiger partial charge in [0.05, 0.1) is 17.2 Å². The van der Waals surface area contributed by atoms with Crippen LogP contribution >= 0.6 is 0 Å². The second-order valence-corrected chi connectivity index (χ2v) is 5.38. The van der Waals surface area contributed by atoms with Crippen LogP contribution in [-0.4, -0.2) is 16.2 Å². The van der Waals surface area contributed by atoms with Crippen molar-refractivity contribution in [3.8, 4) is 6.07 Å². The van der Waals surface area contributed by atoms with Gasteiger partial charge < -0.3 is 5.21 Å². The van der Waals surface area contributed by atoms with Crippen LogP contribution in [0, 0.1) is 16.5 Å². The van der Waals surface area contributed by atoms with E-state index in [-0.39, 0.29) is 17.2 Å². The van der Waals surface area contributed by atoms with Crippen molar-refractivity contribution in [1.29, 1.82) is 5.26 Å². The maximum absolute atomic E-state index is 12.6. The Morgan fingerprint density at radius 3 is 2.52 bits per heavy atom. The number of ketones is 1. The SMILES string of the molecule is N#Cc1ccc2c(c1)[N+]([O-])=C(c1ccc3ccccc3c1)C2=O. The fourth-order valence-corrected chi connectivity index (χ4v) is 2.89. The molecule has 0 aromatic heterocycles. The Morgan fingerprint density at radius 2 is 1.74 bits per heavy atom. The maximum Gasteiger partial charge on any atom is 0.272 e. The van der Waals surface area contributed by atoms with E-state index in [1.54, 1.807) is 12.1 Å². The zero-order chi connectivity index (χ0) is 16.0. The van der Waals surface area contributed by atoms with Crippen molar-refractivity contribution in [2.24, 2.45) is 0 Å². The van der Waals surface area contributed by atoms with E-state index < -0.39 is 0 Å². The predicted molar refractivity (Wildman–Crippen MR) is 86.8 cm³/mol. The molecule has 4 heteroatoms. The quantitative estimate of drug-likeness (QED) is 0.510. The lowest BCUT2D eigenvalue weighted by atomic mass is 9.99. The van der Waals surface area contributed by atoms with Gasteiger partial charge in [-0.25, -0.2) is 0 Å². The number of Topliss-reactive ketones (excluding diaryl/α,β-unsaturated/α-hetero) is 1. The predicted octanol–water partition coefficient (Wildman–Crippen LogP) is 3.54. The molecule has 4 rings (SSSR count). The van der Waals surface area contributed by atoms with E-state index in [4.69, 9.17) is 5.26 Å². The van der Waals surface area contributed by atoms with Crippen LogP contribution in [0.1, 0.15) is 21.5 Å². The number of carbonyl (C=O) groups excluding carboxylic acids is 1. The molecule has 0 aliphatic carbocycles. The van der Waals surface area contributed by atoms with E-state index in [9.17, 15) is 10.0 Å². The molecule has 3 aromatic rings. The normalized spacial score (nSPS) is 13.3. The van der Waals surface area contributed by atoms with Crippen molar-refractivity contribution in [2.45, 2.75) is 0 Å². The van der Waals surface area contributed by atoms with E-state index >= 15 is 0 Å². The Bertz CT molecular complexity index is 1060. The van der Waals surface area contributed by atoms with Gasteiger partial charge in [0.2, 0.25) is 5.69 Å². The van der Waals surface area contributed by atoms with Crippen LogP contribution in [0.5, 0.6) is 0 Å². The zero-order valence-electron chi connectivity index (χ0n) is 12.0. The van der Waals surface area contributed by atoms with Gasteiger partial charge in [-0.1, -0.05) is 30.3 Å². The van der Waals surface area contributed by atoms with Crippen molar-refractivity contribution in [1.82, 2.24) is 0 Å². The molecular formula is C19H10N2O2. The highest BCUT2D eigenvalue weighted by Crippen LogP contribution is 2.29. The number of nitriles is 1. The smallest absolute Gasteiger partial charge is 0.272 e. The summed E-state index contributed by atoms with van der Waals surface area (Å²) in [6, 6.07) is 19.8. The fraction of sp³-hybridized carbons (Fsp3) is 0. The topological polar surface area (TPSA) is 66.9 Å². The first kappa shape index (κ1) is 13.2. The number of carbonyl (C=O) groups is 1. The van der Waals surface area contributed by atoms with E-state index in [0.29, 0.717) is 21.4 Å². The molecule has 0 fully saturated rings. The molecule has 0 radical (unpaired) electrons. The van der Waals surface area contributed by atoms with Crippen molar-refractivity contribution in [3.63, 3.8) is 0 Å². The van der Waals surface area contributed by atoms with Crippen LogP contribution in [0.25, 0.3) is 10.8 Å². The van der Waals surface area contributed by atoms with Crippen molar-refractivity contribution in [3.05, 3.63) is 82.6 Å². The van der Waals surface area contributed by atoms with E-state index in [1.165, 1.54) is 12.1 Å². The Balaban J connectivity index is 1.92. The van der Waals surface area contributed by atoms with Gasteiger partial charge in [-0.15, -0.1) is 0 Å². The van der Waals surface area contributed by atoms with Crippen LogP contribution < -0.4 is 0 Å². The number of fused-ring (bicyclic) bond motifs is 2. The average Bonchev–Trinajstić information content (AvgIpc) is 2.85. The molecule has 4 nitrogen and oxygen atoms in total. The van der Waals surface area contributed by atoms with Crippen LogP contribution in [0.4, 0.5) is 5.69 Å². The van der Waals surface area contributed by atoms with Crippen LogP contribution in [0.15, 0.2) is 60.7 Å². The number of hydrogen-bond acceptors (Lipinski definition) is 3. The minimum atomic E-state index is -0.310. The third-order valence-electron chi connectivity index (χ3n) is 4.03. The third kappa shape index (κ3) is 1.91. The highest BCUT2D eigenvalue weighted by atomic mass is 16.5. The maximum atomic E-state index is 12.6. The van der Waals surface area contributed by atoms with E-state index in [0.717, 1.165) is 10.8 Å². The van der Waals surface area contributed by atoms with Crippen LogP contribution in [0.2, 0.25) is 0 Å². The third-order valence-corrected chi connectivity index (χ3v) is 4.03. The Kier molecular flexibility index (Phi) is 2.75. The van der Waals surface area contributed by atoms with Crippen molar-refractivity contribution >= 4 is 28.0 Å². The molecule has 1 heterocycles. The lowest BCUT2D eigenvalue weighted by molar-refractivity contribution is -0.355. The van der Waals surface area contributed by atoms with Gasteiger partial charge >= 0.3 is 0 Å². The fourth-order valence-electron chi connectivity index (χ4n) is 2.89. The largest absolute Gasteiger partial charge is 0.618 e. The molecule has 23 heavy (non-hydrogen) atoms. The van der Waals surface area contributed by atoms with Gasteiger partial charge in [0.15, 0.2) is 0 Å². The molecule has 0 amide bonds. The summed E-state index contributed by atoms with van der Waals surface area (Å²) < 4.78 is 0.628. The Morgan fingerprint density at radius 1 is 0.957 bits per heavy atom. The molecule has 0 saturated heterocycles. The standard InChI is InChI=1S/C19H10N2O2/c20-11-12-5-8-16-17(9-12)21(23)18(19(16)22)15-7-6-13-3-1-2-4-14(13)10-15/h1-10H. The van der Waals surface area contributed by atoms with E-state index in [1.807, 2.05) is 42.5 Å². The summed E-state index contributed by atoms with van der Waals surface area (Å²) in [5.41, 5.74) is 1.61. The van der Waals surface area contributed by atoms with Crippen molar-refractivity contribution < 1.29 is 9.53 Å². The molecule has 1 aliphatic heterocycles. The minimum Gasteiger partial charge on any atom is -0.618 e. The summed E-state index contributed by atoms with van der Waals surface area (Å²) in [5.74, 6) is -0.310. The molecule has 0 spiro atoms. The number of benzene rings is 3. The van der Waals surface area contributed by atoms with Crippen molar-refractivity contribution in [2.75, 3.05) is 0 Å². The second kappa shape index (κ2) is 4.79. The molecule has 1 aliphatic rings. The zero-order valence-corrected chi connectivity index (χ0v) is 12.0. The van der Waals surface area contributed by atoms with E-state index in [2.05, 4.69) is 0 Å². The minimum absolute atomic E-state index is 0.0980. The summed E-state index contributed by atoms with van der Waals surface area (Å²) >= 11 is 0. The van der Waals surface area contributed by atoms with Gasteiger partial charge in [0.1, 0.15) is 5.56 Å². The summed E-state index contributed by atoms with van der Waals surface area (Å²) in [4.78, 5) is 12.6.